The number of fused-ring (bicyclic) bond motifs is 2. The molecule has 11 heteroatoms. The highest BCUT2D eigenvalue weighted by Gasteiger charge is 2.44. The maximum atomic E-state index is 12.9. The molecule has 0 fully saturated rings. The maximum Gasteiger partial charge on any atom is 0.326 e. The van der Waals surface area contributed by atoms with Gasteiger partial charge in [-0.3, -0.25) is 33.8 Å². The van der Waals surface area contributed by atoms with E-state index in [2.05, 4.69) is 5.32 Å². The predicted octanol–water partition coefficient (Wildman–Crippen LogP) is 2.90. The van der Waals surface area contributed by atoms with E-state index in [0.717, 1.165) is 0 Å². The van der Waals surface area contributed by atoms with E-state index in [0.29, 0.717) is 16.3 Å². The van der Waals surface area contributed by atoms with Crippen molar-refractivity contribution in [2.75, 3.05) is 23.4 Å². The number of ether oxygens (including phenoxy) is 1. The van der Waals surface area contributed by atoms with Gasteiger partial charge in [-0.25, -0.2) is 0 Å². The fourth-order valence-corrected chi connectivity index (χ4v) is 4.03. The Morgan fingerprint density at radius 1 is 1.00 bits per heavy atom. The Morgan fingerprint density at radius 3 is 2.18 bits per heavy atom. The minimum atomic E-state index is -1.24. The van der Waals surface area contributed by atoms with E-state index in [1.165, 1.54) is 17.0 Å². The molecule has 4 rings (SSSR count). The Bertz CT molecular complexity index is 1200. The highest BCUT2D eigenvalue weighted by Crippen LogP contribution is 2.36. The number of amides is 4. The summed E-state index contributed by atoms with van der Waals surface area (Å²) in [6.07, 6.45) is 0. The molecule has 2 heterocycles. The largest absolute Gasteiger partial charge is 0.454 e. The molecule has 9 nitrogen and oxygen atoms in total. The van der Waals surface area contributed by atoms with Gasteiger partial charge in [0.15, 0.2) is 6.61 Å². The molecule has 0 bridgehead atoms. The van der Waals surface area contributed by atoms with Crippen molar-refractivity contribution in [2.24, 2.45) is 0 Å². The SMILES string of the molecule is CC1(C)C(=O)Nc2ccccc2N1C(=O)COC(=O)CN1C(=O)c2cc(Cl)c(Cl)cc2C1=O. The second-order valence-corrected chi connectivity index (χ2v) is 8.74. The van der Waals surface area contributed by atoms with Crippen molar-refractivity contribution in [3.8, 4) is 0 Å². The van der Waals surface area contributed by atoms with Crippen LogP contribution in [0.3, 0.4) is 0 Å². The van der Waals surface area contributed by atoms with Gasteiger partial charge < -0.3 is 10.1 Å². The average molecular weight is 490 g/mol. The van der Waals surface area contributed by atoms with Crippen molar-refractivity contribution >= 4 is 64.2 Å². The predicted molar refractivity (Wildman–Crippen MR) is 119 cm³/mol. The average Bonchev–Trinajstić information content (AvgIpc) is 2.97. The molecule has 0 atom stereocenters. The van der Waals surface area contributed by atoms with Crippen molar-refractivity contribution in [3.63, 3.8) is 0 Å². The molecule has 0 aromatic heterocycles. The third-order valence-electron chi connectivity index (χ3n) is 5.41. The van der Waals surface area contributed by atoms with E-state index in [1.54, 1.807) is 38.1 Å². The molecular weight excluding hydrogens is 473 g/mol. The first-order valence-corrected chi connectivity index (χ1v) is 10.5. The highest BCUT2D eigenvalue weighted by atomic mass is 35.5. The molecule has 0 saturated heterocycles. The van der Waals surface area contributed by atoms with Gasteiger partial charge in [-0.15, -0.1) is 0 Å². The van der Waals surface area contributed by atoms with Crippen LogP contribution in [0.15, 0.2) is 36.4 Å². The van der Waals surface area contributed by atoms with Gasteiger partial charge in [0.05, 0.1) is 32.5 Å². The quantitative estimate of drug-likeness (QED) is 0.521. The number of esters is 1. The van der Waals surface area contributed by atoms with Crippen LogP contribution in [0.25, 0.3) is 0 Å². The second-order valence-electron chi connectivity index (χ2n) is 7.93. The zero-order valence-corrected chi connectivity index (χ0v) is 19.0. The molecule has 0 spiro atoms. The lowest BCUT2D eigenvalue weighted by Crippen LogP contribution is -2.59. The molecule has 2 aromatic rings. The monoisotopic (exact) mass is 489 g/mol. The lowest BCUT2D eigenvalue weighted by Gasteiger charge is -2.41. The maximum absolute atomic E-state index is 12.9. The Labute approximate surface area is 198 Å². The zero-order chi connectivity index (χ0) is 24.1. The molecule has 0 radical (unpaired) electrons. The minimum absolute atomic E-state index is 0.0240. The fraction of sp³-hybridized carbons (Fsp3) is 0.227. The van der Waals surface area contributed by atoms with Crippen LogP contribution in [0.4, 0.5) is 11.4 Å². The molecule has 170 valence electrons. The van der Waals surface area contributed by atoms with Crippen LogP contribution in [0.1, 0.15) is 34.6 Å². The van der Waals surface area contributed by atoms with Crippen molar-refractivity contribution < 1.29 is 28.7 Å². The van der Waals surface area contributed by atoms with Crippen molar-refractivity contribution in [3.05, 3.63) is 57.6 Å². The lowest BCUT2D eigenvalue weighted by atomic mass is 9.96. The van der Waals surface area contributed by atoms with E-state index < -0.39 is 48.3 Å². The standard InChI is InChI=1S/C22H17Cl2N3O6/c1-22(2)21(32)25-15-5-3-4-6-16(15)27(22)17(28)10-33-18(29)9-26-19(30)11-7-13(23)14(24)8-12(11)20(26)31/h3-8H,9-10H2,1-2H3,(H,25,32). The summed E-state index contributed by atoms with van der Waals surface area (Å²) in [6, 6.07) is 9.24. The summed E-state index contributed by atoms with van der Waals surface area (Å²) in [7, 11) is 0. The Balaban J connectivity index is 1.45. The third-order valence-corrected chi connectivity index (χ3v) is 6.13. The molecule has 2 aliphatic rings. The highest BCUT2D eigenvalue weighted by molar-refractivity contribution is 6.43. The normalized spacial score (nSPS) is 16.3. The van der Waals surface area contributed by atoms with Crippen LogP contribution in [0.2, 0.25) is 10.0 Å². The number of rotatable bonds is 4. The van der Waals surface area contributed by atoms with Gasteiger partial charge in [-0.1, -0.05) is 35.3 Å². The first-order valence-electron chi connectivity index (χ1n) is 9.76. The van der Waals surface area contributed by atoms with Crippen LogP contribution >= 0.6 is 23.2 Å². The Kier molecular flexibility index (Phi) is 5.63. The van der Waals surface area contributed by atoms with E-state index in [4.69, 9.17) is 27.9 Å². The Hall–Kier alpha value is -3.43. The number of carbonyl (C=O) groups excluding carboxylic acids is 5. The molecular formula is C22H17Cl2N3O6. The molecule has 0 aliphatic carbocycles. The van der Waals surface area contributed by atoms with Crippen LogP contribution in [-0.2, 0) is 19.1 Å². The lowest BCUT2D eigenvalue weighted by molar-refractivity contribution is -0.148. The smallest absolute Gasteiger partial charge is 0.326 e. The number of nitrogens with one attached hydrogen (secondary N) is 1. The summed E-state index contributed by atoms with van der Waals surface area (Å²) in [6.45, 7) is 1.74. The Morgan fingerprint density at radius 2 is 1.58 bits per heavy atom. The molecule has 1 N–H and O–H groups in total. The minimum Gasteiger partial charge on any atom is -0.454 e. The zero-order valence-electron chi connectivity index (χ0n) is 17.5. The number of imide groups is 1. The first-order chi connectivity index (χ1) is 15.5. The molecule has 33 heavy (non-hydrogen) atoms. The van der Waals surface area contributed by atoms with E-state index in [-0.39, 0.29) is 21.2 Å². The number of nitrogens with zero attached hydrogens (tertiary/aromatic N) is 2. The summed E-state index contributed by atoms with van der Waals surface area (Å²) < 4.78 is 5.05. The number of carbonyl (C=O) groups is 5. The van der Waals surface area contributed by atoms with Gasteiger partial charge >= 0.3 is 5.97 Å². The molecule has 0 saturated carbocycles. The van der Waals surface area contributed by atoms with Crippen molar-refractivity contribution in [2.45, 2.75) is 19.4 Å². The summed E-state index contributed by atoms with van der Waals surface area (Å²) in [5.41, 5.74) is -0.284. The summed E-state index contributed by atoms with van der Waals surface area (Å²) >= 11 is 11.8. The number of hydrogen-bond donors (Lipinski definition) is 1. The van der Waals surface area contributed by atoms with E-state index in [1.807, 2.05) is 0 Å². The number of para-hydroxylation sites is 2. The van der Waals surface area contributed by atoms with Gasteiger partial charge in [-0.2, -0.15) is 0 Å². The van der Waals surface area contributed by atoms with Crippen LogP contribution in [-0.4, -0.2) is 53.2 Å². The third kappa shape index (κ3) is 3.83. The van der Waals surface area contributed by atoms with Gasteiger partial charge in [0.2, 0.25) is 5.91 Å². The van der Waals surface area contributed by atoms with Crippen LogP contribution < -0.4 is 10.2 Å². The summed E-state index contributed by atoms with van der Waals surface area (Å²) in [4.78, 5) is 64.8. The van der Waals surface area contributed by atoms with Gasteiger partial charge in [0.1, 0.15) is 12.1 Å². The number of benzene rings is 2. The van der Waals surface area contributed by atoms with Crippen LogP contribution in [0.5, 0.6) is 0 Å². The first kappa shape index (κ1) is 22.8. The van der Waals surface area contributed by atoms with Gasteiger partial charge in [0, 0.05) is 0 Å². The number of hydrogen-bond acceptors (Lipinski definition) is 6. The van der Waals surface area contributed by atoms with Gasteiger partial charge in [-0.05, 0) is 38.1 Å². The summed E-state index contributed by atoms with van der Waals surface area (Å²) in [5, 5.41) is 2.93. The van der Waals surface area contributed by atoms with Crippen molar-refractivity contribution in [1.82, 2.24) is 4.90 Å². The van der Waals surface area contributed by atoms with E-state index in [9.17, 15) is 24.0 Å². The molecule has 2 aromatic carbocycles. The van der Waals surface area contributed by atoms with E-state index >= 15 is 0 Å². The van der Waals surface area contributed by atoms with Crippen molar-refractivity contribution in [1.29, 1.82) is 0 Å². The molecule has 2 aliphatic heterocycles. The van der Waals surface area contributed by atoms with Crippen LogP contribution in [0, 0.1) is 0 Å². The summed E-state index contributed by atoms with van der Waals surface area (Å²) in [5.74, 6) is -3.46. The fourth-order valence-electron chi connectivity index (χ4n) is 3.71. The number of halogens is 2. The van der Waals surface area contributed by atoms with Gasteiger partial charge in [0.25, 0.3) is 17.7 Å². The topological polar surface area (TPSA) is 113 Å². The molecule has 4 amide bonds. The molecule has 0 unspecified atom stereocenters. The number of anilines is 2. The second kappa shape index (κ2) is 8.17.